The number of halogens is 2. The molecule has 1 fully saturated rings. The minimum absolute atomic E-state index is 0.00687. The third-order valence-corrected chi connectivity index (χ3v) is 6.99. The van der Waals surface area contributed by atoms with E-state index in [1.807, 2.05) is 32.0 Å². The van der Waals surface area contributed by atoms with Gasteiger partial charge in [-0.2, -0.15) is 0 Å². The van der Waals surface area contributed by atoms with Gasteiger partial charge in [-0.15, -0.1) is 0 Å². The van der Waals surface area contributed by atoms with Gasteiger partial charge >= 0.3 is 0 Å². The first-order chi connectivity index (χ1) is 17.7. The number of rotatable bonds is 10. The molecule has 1 aliphatic heterocycles. The Bertz CT molecular complexity index is 1360. The van der Waals surface area contributed by atoms with Crippen LogP contribution in [0.1, 0.15) is 27.9 Å². The van der Waals surface area contributed by atoms with Crippen LogP contribution in [0.2, 0.25) is 10.0 Å². The number of nitrogens with one attached hydrogen (secondary N) is 1. The number of hydrogen-bond donors (Lipinski definition) is 1. The van der Waals surface area contributed by atoms with Crippen LogP contribution in [0.25, 0.3) is 10.9 Å². The van der Waals surface area contributed by atoms with Gasteiger partial charge in [0, 0.05) is 42.0 Å². The number of hydrogen-bond acceptors (Lipinski definition) is 4. The molecule has 37 heavy (non-hydrogen) atoms. The Morgan fingerprint density at radius 1 is 1.16 bits per heavy atom. The molecule has 0 spiro atoms. The standard InChI is InChI=1S/C28H29Cl2N3O4/c1-4-25(35)32-13-19(14-32)10-21(34)15-33-16-23(22-11-20(29)12-24(30)26(22)33)28(36)31-8-9-37-27-17(2)6-5-7-18(27)3/h4-7,11-12,16,19H,1,8-10,13-15H2,2-3H3,(H,31,36). The second-order valence-corrected chi connectivity index (χ2v) is 10.2. The average molecular weight is 542 g/mol. The highest BCUT2D eigenvalue weighted by Crippen LogP contribution is 2.32. The zero-order valence-electron chi connectivity index (χ0n) is 20.9. The highest BCUT2D eigenvalue weighted by atomic mass is 35.5. The molecule has 1 aliphatic rings. The molecule has 9 heteroatoms. The molecule has 0 unspecified atom stereocenters. The number of para-hydroxylation sites is 1. The molecule has 0 aliphatic carbocycles. The van der Waals surface area contributed by atoms with Crippen molar-refractivity contribution in [3.05, 3.63) is 75.9 Å². The summed E-state index contributed by atoms with van der Waals surface area (Å²) in [4.78, 5) is 39.2. The molecule has 2 aromatic carbocycles. The Hall–Kier alpha value is -3.29. The van der Waals surface area contributed by atoms with Crippen molar-refractivity contribution in [3.8, 4) is 5.75 Å². The summed E-state index contributed by atoms with van der Waals surface area (Å²) in [6, 6.07) is 9.20. The van der Waals surface area contributed by atoms with Gasteiger partial charge in [-0.3, -0.25) is 14.4 Å². The molecule has 1 saturated heterocycles. The third-order valence-electron chi connectivity index (χ3n) is 6.48. The van der Waals surface area contributed by atoms with Crippen molar-refractivity contribution in [2.24, 2.45) is 5.92 Å². The number of carbonyl (C=O) groups is 3. The second kappa shape index (κ2) is 11.4. The molecule has 194 valence electrons. The highest BCUT2D eigenvalue weighted by molar-refractivity contribution is 6.39. The summed E-state index contributed by atoms with van der Waals surface area (Å²) >= 11 is 12.7. The number of aromatic nitrogens is 1. The van der Waals surface area contributed by atoms with Crippen LogP contribution in [0, 0.1) is 19.8 Å². The summed E-state index contributed by atoms with van der Waals surface area (Å²) in [5.74, 6) is 0.486. The van der Waals surface area contributed by atoms with Crippen LogP contribution in [-0.4, -0.2) is 53.3 Å². The molecule has 2 heterocycles. The van der Waals surface area contributed by atoms with Gasteiger partial charge in [-0.05, 0) is 43.2 Å². The van der Waals surface area contributed by atoms with Gasteiger partial charge in [0.1, 0.15) is 12.4 Å². The number of amides is 2. The lowest BCUT2D eigenvalue weighted by atomic mass is 9.94. The van der Waals surface area contributed by atoms with E-state index in [1.165, 1.54) is 6.08 Å². The zero-order valence-corrected chi connectivity index (χ0v) is 22.4. The van der Waals surface area contributed by atoms with Crippen LogP contribution in [0.3, 0.4) is 0 Å². The van der Waals surface area contributed by atoms with Crippen LogP contribution < -0.4 is 10.1 Å². The van der Waals surface area contributed by atoms with Crippen LogP contribution in [0.15, 0.2) is 49.2 Å². The average Bonchev–Trinajstić information content (AvgIpc) is 3.17. The van der Waals surface area contributed by atoms with Gasteiger partial charge in [-0.1, -0.05) is 48.0 Å². The Morgan fingerprint density at radius 2 is 1.86 bits per heavy atom. The number of Topliss-reactive ketones (excluding diaryl/α,β-unsaturated/α-hetero) is 1. The van der Waals surface area contributed by atoms with Crippen LogP contribution in [0.5, 0.6) is 5.75 Å². The predicted molar refractivity (Wildman–Crippen MR) is 146 cm³/mol. The first-order valence-electron chi connectivity index (χ1n) is 12.1. The quantitative estimate of drug-likeness (QED) is 0.290. The number of ether oxygens (including phenoxy) is 1. The summed E-state index contributed by atoms with van der Waals surface area (Å²) in [6.07, 6.45) is 3.25. The van der Waals surface area contributed by atoms with E-state index >= 15 is 0 Å². The lowest BCUT2D eigenvalue weighted by Gasteiger charge is -2.38. The molecule has 1 N–H and O–H groups in total. The maximum atomic E-state index is 13.1. The molecule has 0 saturated carbocycles. The van der Waals surface area contributed by atoms with Gasteiger partial charge < -0.3 is 19.5 Å². The molecule has 0 atom stereocenters. The number of ketones is 1. The maximum Gasteiger partial charge on any atom is 0.253 e. The fraction of sp³-hybridized carbons (Fsp3) is 0.321. The number of fused-ring (bicyclic) bond motifs is 1. The van der Waals surface area contributed by atoms with E-state index in [2.05, 4.69) is 11.9 Å². The first kappa shape index (κ1) is 26.8. The Labute approximate surface area is 226 Å². The van der Waals surface area contributed by atoms with Crippen molar-refractivity contribution < 1.29 is 19.1 Å². The number of likely N-dealkylation sites (tertiary alicyclic amines) is 1. The molecule has 1 aromatic heterocycles. The molecule has 0 radical (unpaired) electrons. The normalized spacial score (nSPS) is 13.4. The summed E-state index contributed by atoms with van der Waals surface area (Å²) < 4.78 is 7.58. The Balaban J connectivity index is 1.43. The predicted octanol–water partition coefficient (Wildman–Crippen LogP) is 4.98. The minimum Gasteiger partial charge on any atom is -0.491 e. The van der Waals surface area contributed by atoms with Gasteiger partial charge in [0.05, 0.1) is 29.2 Å². The van der Waals surface area contributed by atoms with Crippen molar-refractivity contribution in [1.29, 1.82) is 0 Å². The van der Waals surface area contributed by atoms with E-state index in [4.69, 9.17) is 27.9 Å². The minimum atomic E-state index is -0.308. The zero-order chi connectivity index (χ0) is 26.7. The van der Waals surface area contributed by atoms with Crippen molar-refractivity contribution >= 4 is 51.7 Å². The molecule has 2 amide bonds. The Kier molecular flexibility index (Phi) is 8.25. The van der Waals surface area contributed by atoms with E-state index < -0.39 is 0 Å². The monoisotopic (exact) mass is 541 g/mol. The maximum absolute atomic E-state index is 13.1. The van der Waals surface area contributed by atoms with E-state index in [-0.39, 0.29) is 30.1 Å². The smallest absolute Gasteiger partial charge is 0.253 e. The van der Waals surface area contributed by atoms with Gasteiger partial charge in [0.15, 0.2) is 5.78 Å². The van der Waals surface area contributed by atoms with Crippen LogP contribution in [0.4, 0.5) is 0 Å². The fourth-order valence-corrected chi connectivity index (χ4v) is 5.28. The van der Waals surface area contributed by atoms with Crippen molar-refractivity contribution in [1.82, 2.24) is 14.8 Å². The van der Waals surface area contributed by atoms with Crippen LogP contribution in [-0.2, 0) is 16.1 Å². The van der Waals surface area contributed by atoms with Crippen molar-refractivity contribution in [2.45, 2.75) is 26.8 Å². The van der Waals surface area contributed by atoms with Crippen LogP contribution >= 0.6 is 23.2 Å². The summed E-state index contributed by atoms with van der Waals surface area (Å²) in [5.41, 5.74) is 3.02. The van der Waals surface area contributed by atoms with E-state index in [1.54, 1.807) is 27.8 Å². The molecule has 0 bridgehead atoms. The topological polar surface area (TPSA) is 80.6 Å². The molecular weight excluding hydrogens is 513 g/mol. The van der Waals surface area contributed by atoms with E-state index in [0.29, 0.717) is 59.2 Å². The largest absolute Gasteiger partial charge is 0.491 e. The Morgan fingerprint density at radius 3 is 2.54 bits per heavy atom. The number of nitrogens with zero attached hydrogens (tertiary/aromatic N) is 2. The summed E-state index contributed by atoms with van der Waals surface area (Å²) in [7, 11) is 0. The second-order valence-electron chi connectivity index (χ2n) is 9.34. The fourth-order valence-electron chi connectivity index (χ4n) is 4.68. The van der Waals surface area contributed by atoms with Gasteiger partial charge in [0.2, 0.25) is 5.91 Å². The summed E-state index contributed by atoms with van der Waals surface area (Å²) in [6.45, 7) is 9.19. The summed E-state index contributed by atoms with van der Waals surface area (Å²) in [5, 5.41) is 4.22. The highest BCUT2D eigenvalue weighted by Gasteiger charge is 2.31. The number of aryl methyl sites for hydroxylation is 2. The number of benzene rings is 2. The van der Waals surface area contributed by atoms with Gasteiger partial charge in [0.25, 0.3) is 5.91 Å². The van der Waals surface area contributed by atoms with E-state index in [0.717, 1.165) is 16.9 Å². The van der Waals surface area contributed by atoms with Gasteiger partial charge in [-0.25, -0.2) is 0 Å². The molecular formula is C28H29Cl2N3O4. The number of carbonyl (C=O) groups excluding carboxylic acids is 3. The van der Waals surface area contributed by atoms with Crippen molar-refractivity contribution in [2.75, 3.05) is 26.2 Å². The molecule has 7 nitrogen and oxygen atoms in total. The third kappa shape index (κ3) is 6.00. The molecule has 4 rings (SSSR count). The van der Waals surface area contributed by atoms with E-state index in [9.17, 15) is 14.4 Å². The lowest BCUT2D eigenvalue weighted by molar-refractivity contribution is -0.134. The first-order valence-corrected chi connectivity index (χ1v) is 12.8. The SMILES string of the molecule is C=CC(=O)N1CC(CC(=O)Cn2cc(C(=O)NCCOc3c(C)cccc3C)c3cc(Cl)cc(Cl)c32)C1. The lowest BCUT2D eigenvalue weighted by Crippen LogP contribution is -2.50. The van der Waals surface area contributed by atoms with Crippen molar-refractivity contribution in [3.63, 3.8) is 0 Å². The molecule has 3 aromatic rings.